The first-order chi connectivity index (χ1) is 7.11. The first-order valence-electron chi connectivity index (χ1n) is 5.45. The molecule has 0 aromatic carbocycles. The molecule has 3 nitrogen and oxygen atoms in total. The molecule has 0 spiro atoms. The van der Waals surface area contributed by atoms with Crippen molar-refractivity contribution in [2.45, 2.75) is 45.6 Å². The Bertz CT molecular complexity index is 218. The Hall–Kier alpha value is -1.01. The number of terminal acetylenes is 1. The lowest BCUT2D eigenvalue weighted by Crippen LogP contribution is -2.41. The Morgan fingerprint density at radius 3 is 2.60 bits per heavy atom. The molecule has 0 unspecified atom stereocenters. The molecule has 0 fully saturated rings. The minimum Gasteiger partial charge on any atom is -0.394 e. The van der Waals surface area contributed by atoms with Gasteiger partial charge in [-0.25, -0.2) is 0 Å². The van der Waals surface area contributed by atoms with Crippen LogP contribution in [0.1, 0.15) is 39.5 Å². The topological polar surface area (TPSA) is 49.3 Å². The van der Waals surface area contributed by atoms with E-state index in [4.69, 9.17) is 11.5 Å². The normalized spacial score (nSPS) is 12.2. The van der Waals surface area contributed by atoms with Crippen LogP contribution in [-0.2, 0) is 4.79 Å². The van der Waals surface area contributed by atoms with Crippen molar-refractivity contribution in [3.05, 3.63) is 0 Å². The van der Waals surface area contributed by atoms with E-state index in [2.05, 4.69) is 11.2 Å². The number of aliphatic hydroxyl groups excluding tert-OH is 1. The summed E-state index contributed by atoms with van der Waals surface area (Å²) in [4.78, 5) is 11.4. The highest BCUT2D eigenvalue weighted by Crippen LogP contribution is 2.03. The number of aliphatic hydroxyl groups is 1. The Morgan fingerprint density at radius 1 is 1.47 bits per heavy atom. The van der Waals surface area contributed by atoms with Crippen molar-refractivity contribution in [2.75, 3.05) is 6.61 Å². The first-order valence-corrected chi connectivity index (χ1v) is 5.45. The molecular weight excluding hydrogens is 190 g/mol. The fourth-order valence-electron chi connectivity index (χ4n) is 1.21. The molecule has 0 rings (SSSR count). The maximum absolute atomic E-state index is 11.4. The van der Waals surface area contributed by atoms with Gasteiger partial charge in [0.15, 0.2) is 0 Å². The van der Waals surface area contributed by atoms with Gasteiger partial charge in [-0.2, -0.15) is 0 Å². The molecule has 0 saturated carbocycles. The number of rotatable bonds is 7. The van der Waals surface area contributed by atoms with Gasteiger partial charge in [0.25, 0.3) is 0 Å². The minimum atomic E-state index is -0.134. The highest BCUT2D eigenvalue weighted by molar-refractivity contribution is 5.76. The lowest BCUT2D eigenvalue weighted by Gasteiger charge is -2.19. The van der Waals surface area contributed by atoms with Crippen molar-refractivity contribution in [3.63, 3.8) is 0 Å². The highest BCUT2D eigenvalue weighted by Gasteiger charge is 2.14. The molecule has 0 saturated heterocycles. The molecule has 0 aromatic heterocycles. The quantitative estimate of drug-likeness (QED) is 0.493. The van der Waals surface area contributed by atoms with Crippen molar-refractivity contribution in [3.8, 4) is 12.3 Å². The number of carbonyl (C=O) groups is 1. The second-order valence-corrected chi connectivity index (χ2v) is 4.01. The number of unbranched alkanes of at least 4 members (excludes halogenated alkanes) is 2. The van der Waals surface area contributed by atoms with Gasteiger partial charge in [0.05, 0.1) is 12.6 Å². The van der Waals surface area contributed by atoms with Crippen LogP contribution < -0.4 is 5.32 Å². The summed E-state index contributed by atoms with van der Waals surface area (Å²) in [6, 6.07) is -0.134. The molecular formula is C12H21NO2. The molecule has 0 aliphatic heterocycles. The lowest BCUT2D eigenvalue weighted by atomic mass is 10.1. The van der Waals surface area contributed by atoms with Gasteiger partial charge >= 0.3 is 0 Å². The molecule has 0 heterocycles. The molecule has 15 heavy (non-hydrogen) atoms. The Kier molecular flexibility index (Phi) is 7.75. The highest BCUT2D eigenvalue weighted by atomic mass is 16.3. The average Bonchev–Trinajstić information content (AvgIpc) is 2.20. The monoisotopic (exact) mass is 211 g/mol. The molecule has 1 amide bonds. The molecule has 0 bridgehead atoms. The maximum atomic E-state index is 11.4. The summed E-state index contributed by atoms with van der Waals surface area (Å²) >= 11 is 0. The zero-order valence-electron chi connectivity index (χ0n) is 9.62. The van der Waals surface area contributed by atoms with E-state index in [1.165, 1.54) is 0 Å². The lowest BCUT2D eigenvalue weighted by molar-refractivity contribution is -0.122. The third-order valence-electron chi connectivity index (χ3n) is 2.32. The second-order valence-electron chi connectivity index (χ2n) is 4.01. The SMILES string of the molecule is C#CCCCCC(=O)N[C@H](CO)C(C)C. The summed E-state index contributed by atoms with van der Waals surface area (Å²) in [5.41, 5.74) is 0. The van der Waals surface area contributed by atoms with Crippen LogP contribution in [0, 0.1) is 18.3 Å². The first kappa shape index (κ1) is 14.0. The molecule has 0 aliphatic rings. The zero-order chi connectivity index (χ0) is 11.7. The number of hydrogen-bond donors (Lipinski definition) is 2. The zero-order valence-corrected chi connectivity index (χ0v) is 9.62. The maximum Gasteiger partial charge on any atom is 0.220 e. The number of nitrogens with one attached hydrogen (secondary N) is 1. The third-order valence-corrected chi connectivity index (χ3v) is 2.32. The molecule has 0 radical (unpaired) electrons. The average molecular weight is 211 g/mol. The summed E-state index contributed by atoms with van der Waals surface area (Å²) < 4.78 is 0. The fraction of sp³-hybridized carbons (Fsp3) is 0.750. The molecule has 2 N–H and O–H groups in total. The van der Waals surface area contributed by atoms with Gasteiger partial charge in [0, 0.05) is 12.8 Å². The standard InChI is InChI=1S/C12H21NO2/c1-4-5-6-7-8-12(15)13-11(9-14)10(2)3/h1,10-11,14H,5-9H2,2-3H3,(H,13,15)/t11-/m1/s1. The van der Waals surface area contributed by atoms with Gasteiger partial charge in [0.2, 0.25) is 5.91 Å². The van der Waals surface area contributed by atoms with E-state index in [0.29, 0.717) is 6.42 Å². The molecule has 0 aliphatic carbocycles. The van der Waals surface area contributed by atoms with Crippen LogP contribution >= 0.6 is 0 Å². The third kappa shape index (κ3) is 6.98. The predicted molar refractivity (Wildman–Crippen MR) is 61.2 cm³/mol. The van der Waals surface area contributed by atoms with Gasteiger partial charge in [-0.3, -0.25) is 4.79 Å². The summed E-state index contributed by atoms with van der Waals surface area (Å²) in [5.74, 6) is 2.79. The van der Waals surface area contributed by atoms with Crippen LogP contribution in [0.3, 0.4) is 0 Å². The van der Waals surface area contributed by atoms with Gasteiger partial charge < -0.3 is 10.4 Å². The van der Waals surface area contributed by atoms with Gasteiger partial charge in [0.1, 0.15) is 0 Å². The number of hydrogen-bond acceptors (Lipinski definition) is 2. The van der Waals surface area contributed by atoms with E-state index in [1.54, 1.807) is 0 Å². The van der Waals surface area contributed by atoms with Crippen molar-refractivity contribution >= 4 is 5.91 Å². The van der Waals surface area contributed by atoms with Crippen LogP contribution in [-0.4, -0.2) is 23.7 Å². The number of carbonyl (C=O) groups excluding carboxylic acids is 1. The molecule has 1 atom stereocenters. The Balaban J connectivity index is 3.68. The second kappa shape index (κ2) is 8.31. The summed E-state index contributed by atoms with van der Waals surface area (Å²) in [7, 11) is 0. The van der Waals surface area contributed by atoms with Crippen LogP contribution in [0.2, 0.25) is 0 Å². The van der Waals surface area contributed by atoms with Crippen molar-refractivity contribution < 1.29 is 9.90 Å². The largest absolute Gasteiger partial charge is 0.394 e. The van der Waals surface area contributed by atoms with Crippen LogP contribution in [0.15, 0.2) is 0 Å². The van der Waals surface area contributed by atoms with E-state index < -0.39 is 0 Å². The minimum absolute atomic E-state index is 0.000212. The van der Waals surface area contributed by atoms with Gasteiger partial charge in [-0.05, 0) is 18.8 Å². The fourth-order valence-corrected chi connectivity index (χ4v) is 1.21. The molecule has 0 aromatic rings. The smallest absolute Gasteiger partial charge is 0.220 e. The van der Waals surface area contributed by atoms with Crippen molar-refractivity contribution in [1.29, 1.82) is 0 Å². The van der Waals surface area contributed by atoms with E-state index in [0.717, 1.165) is 19.3 Å². The molecule has 3 heteroatoms. The van der Waals surface area contributed by atoms with Crippen molar-refractivity contribution in [2.24, 2.45) is 5.92 Å². The van der Waals surface area contributed by atoms with Gasteiger partial charge in [-0.1, -0.05) is 13.8 Å². The molecule has 86 valence electrons. The predicted octanol–water partition coefficient (Wildman–Crippen LogP) is 1.31. The van der Waals surface area contributed by atoms with Crippen molar-refractivity contribution in [1.82, 2.24) is 5.32 Å². The van der Waals surface area contributed by atoms with E-state index in [9.17, 15) is 4.79 Å². The summed E-state index contributed by atoms with van der Waals surface area (Å²) in [6.45, 7) is 3.94. The van der Waals surface area contributed by atoms with Crippen LogP contribution in [0.4, 0.5) is 0 Å². The van der Waals surface area contributed by atoms with E-state index in [1.807, 2.05) is 13.8 Å². The Morgan fingerprint density at radius 2 is 2.13 bits per heavy atom. The summed E-state index contributed by atoms with van der Waals surface area (Å²) in [6.07, 6.45) is 8.01. The van der Waals surface area contributed by atoms with Crippen LogP contribution in [0.5, 0.6) is 0 Å². The summed E-state index contributed by atoms with van der Waals surface area (Å²) in [5, 5.41) is 11.8. The van der Waals surface area contributed by atoms with Crippen LogP contribution in [0.25, 0.3) is 0 Å². The number of amides is 1. The van der Waals surface area contributed by atoms with E-state index >= 15 is 0 Å². The van der Waals surface area contributed by atoms with Gasteiger partial charge in [-0.15, -0.1) is 12.3 Å². The van der Waals surface area contributed by atoms with E-state index in [-0.39, 0.29) is 24.5 Å². The Labute approximate surface area is 92.3 Å².